The average Bonchev–Trinajstić information content (AvgIpc) is 2.53. The van der Waals surface area contributed by atoms with Gasteiger partial charge in [-0.1, -0.05) is 39.0 Å². The Kier molecular flexibility index (Phi) is 5.18. The molecule has 0 spiro atoms. The number of nitrogens with zero attached hydrogens (tertiary/aromatic N) is 1. The highest BCUT2D eigenvalue weighted by atomic mass is 16.6. The molecule has 2 rings (SSSR count). The molecule has 0 aliphatic carbocycles. The van der Waals surface area contributed by atoms with Gasteiger partial charge in [0.2, 0.25) is 0 Å². The number of benzene rings is 2. The van der Waals surface area contributed by atoms with Crippen LogP contribution in [-0.2, 0) is 10.2 Å². The Morgan fingerprint density at radius 2 is 1.83 bits per heavy atom. The van der Waals surface area contributed by atoms with Crippen LogP contribution in [0, 0.1) is 10.1 Å². The molecule has 0 atom stereocenters. The zero-order valence-electron chi connectivity index (χ0n) is 13.9. The molecule has 1 N–H and O–H groups in total. The summed E-state index contributed by atoms with van der Waals surface area (Å²) < 4.78 is 5.44. The van der Waals surface area contributed by atoms with Gasteiger partial charge in [-0.25, -0.2) is 0 Å². The van der Waals surface area contributed by atoms with Gasteiger partial charge in [-0.15, -0.1) is 0 Å². The van der Waals surface area contributed by atoms with Gasteiger partial charge in [0, 0.05) is 17.8 Å². The minimum Gasteiger partial charge on any atom is -0.484 e. The van der Waals surface area contributed by atoms with Gasteiger partial charge in [-0.2, -0.15) is 0 Å². The molecule has 0 aliphatic rings. The number of hydrogen-bond donors (Lipinski definition) is 1. The normalized spacial score (nSPS) is 11.0. The number of amides is 1. The number of nitro benzene ring substituents is 1. The van der Waals surface area contributed by atoms with Crippen molar-refractivity contribution in [3.8, 4) is 5.75 Å². The number of nitro groups is 1. The predicted octanol–water partition coefficient (Wildman–Crippen LogP) is 3.91. The molecule has 0 saturated heterocycles. The van der Waals surface area contributed by atoms with Gasteiger partial charge in [0.1, 0.15) is 5.75 Å². The largest absolute Gasteiger partial charge is 0.484 e. The number of carbonyl (C=O) groups excluding carboxylic acids is 1. The fourth-order valence-electron chi connectivity index (χ4n) is 2.09. The van der Waals surface area contributed by atoms with Crippen molar-refractivity contribution in [2.24, 2.45) is 0 Å². The lowest BCUT2D eigenvalue weighted by Gasteiger charge is -2.19. The molecule has 0 bridgehead atoms. The van der Waals surface area contributed by atoms with Crippen LogP contribution >= 0.6 is 0 Å². The molecule has 24 heavy (non-hydrogen) atoms. The molecular formula is C18H20N2O4. The van der Waals surface area contributed by atoms with Crippen molar-refractivity contribution in [3.63, 3.8) is 0 Å². The third-order valence-electron chi connectivity index (χ3n) is 3.43. The maximum absolute atomic E-state index is 11.9. The van der Waals surface area contributed by atoms with E-state index in [1.165, 1.54) is 23.8 Å². The van der Waals surface area contributed by atoms with Gasteiger partial charge < -0.3 is 10.1 Å². The molecule has 6 nitrogen and oxygen atoms in total. The lowest BCUT2D eigenvalue weighted by molar-refractivity contribution is -0.384. The van der Waals surface area contributed by atoms with E-state index >= 15 is 0 Å². The molecule has 1 amide bonds. The summed E-state index contributed by atoms with van der Waals surface area (Å²) in [6, 6.07) is 13.3. The fourth-order valence-corrected chi connectivity index (χ4v) is 2.09. The Bertz CT molecular complexity index is 733. The van der Waals surface area contributed by atoms with Gasteiger partial charge in [-0.05, 0) is 29.2 Å². The minimum atomic E-state index is -0.511. The van der Waals surface area contributed by atoms with Crippen molar-refractivity contribution in [2.45, 2.75) is 26.2 Å². The number of hydrogen-bond acceptors (Lipinski definition) is 4. The van der Waals surface area contributed by atoms with Gasteiger partial charge in [0.05, 0.1) is 4.92 Å². The molecule has 0 fully saturated rings. The number of non-ortho nitro benzene ring substituents is 1. The molecular weight excluding hydrogens is 308 g/mol. The minimum absolute atomic E-state index is 0.0535. The van der Waals surface area contributed by atoms with E-state index < -0.39 is 4.92 Å². The molecule has 0 aromatic heterocycles. The summed E-state index contributed by atoms with van der Waals surface area (Å²) in [5, 5.41) is 13.3. The van der Waals surface area contributed by atoms with Crippen LogP contribution in [0.15, 0.2) is 48.5 Å². The van der Waals surface area contributed by atoms with Crippen molar-refractivity contribution >= 4 is 17.3 Å². The van der Waals surface area contributed by atoms with Gasteiger partial charge in [0.25, 0.3) is 11.6 Å². The number of ether oxygens (including phenoxy) is 1. The van der Waals surface area contributed by atoms with Crippen LogP contribution in [0.2, 0.25) is 0 Å². The summed E-state index contributed by atoms with van der Waals surface area (Å²) in [5.41, 5.74) is 1.51. The monoisotopic (exact) mass is 328 g/mol. The Morgan fingerprint density at radius 1 is 1.17 bits per heavy atom. The Hall–Kier alpha value is -2.89. The third kappa shape index (κ3) is 4.81. The Labute approximate surface area is 140 Å². The number of carbonyl (C=O) groups is 1. The standard InChI is InChI=1S/C18H20N2O4/c1-18(2,3)13-7-9-16(10-8-13)24-12-17(21)19-14-5-4-6-15(11-14)20(22)23/h4-11H,12H2,1-3H3,(H,19,21). The molecule has 2 aromatic carbocycles. The first kappa shape index (κ1) is 17.5. The summed E-state index contributed by atoms with van der Waals surface area (Å²) in [7, 11) is 0. The van der Waals surface area contributed by atoms with Gasteiger partial charge in [0.15, 0.2) is 6.61 Å². The zero-order chi connectivity index (χ0) is 17.7. The van der Waals surface area contributed by atoms with E-state index in [0.29, 0.717) is 11.4 Å². The molecule has 6 heteroatoms. The van der Waals surface area contributed by atoms with Crippen molar-refractivity contribution in [1.29, 1.82) is 0 Å². The lowest BCUT2D eigenvalue weighted by atomic mass is 9.87. The fraction of sp³-hybridized carbons (Fsp3) is 0.278. The zero-order valence-corrected chi connectivity index (χ0v) is 13.9. The summed E-state index contributed by atoms with van der Waals surface area (Å²) >= 11 is 0. The van der Waals surface area contributed by atoms with E-state index in [-0.39, 0.29) is 23.6 Å². The highest BCUT2D eigenvalue weighted by molar-refractivity contribution is 5.92. The van der Waals surface area contributed by atoms with Crippen LogP contribution in [0.1, 0.15) is 26.3 Å². The lowest BCUT2D eigenvalue weighted by Crippen LogP contribution is -2.20. The average molecular weight is 328 g/mol. The van der Waals surface area contributed by atoms with E-state index in [1.54, 1.807) is 6.07 Å². The first-order valence-electron chi connectivity index (χ1n) is 7.53. The molecule has 0 saturated carbocycles. The predicted molar refractivity (Wildman–Crippen MR) is 92.4 cm³/mol. The van der Waals surface area contributed by atoms with Crippen LogP contribution in [0.5, 0.6) is 5.75 Å². The number of rotatable bonds is 5. The quantitative estimate of drug-likeness (QED) is 0.666. The SMILES string of the molecule is CC(C)(C)c1ccc(OCC(=O)Nc2cccc([N+](=O)[O-])c2)cc1. The van der Waals surface area contributed by atoms with Gasteiger partial charge in [-0.3, -0.25) is 14.9 Å². The highest BCUT2D eigenvalue weighted by Gasteiger charge is 2.13. The highest BCUT2D eigenvalue weighted by Crippen LogP contribution is 2.24. The third-order valence-corrected chi connectivity index (χ3v) is 3.43. The van der Waals surface area contributed by atoms with Crippen molar-refractivity contribution in [3.05, 3.63) is 64.2 Å². The topological polar surface area (TPSA) is 81.5 Å². The van der Waals surface area contributed by atoms with Crippen LogP contribution in [0.25, 0.3) is 0 Å². The molecule has 0 unspecified atom stereocenters. The second-order valence-corrected chi connectivity index (χ2v) is 6.42. The van der Waals surface area contributed by atoms with E-state index in [0.717, 1.165) is 0 Å². The smallest absolute Gasteiger partial charge is 0.271 e. The molecule has 2 aromatic rings. The molecule has 0 heterocycles. The first-order chi connectivity index (χ1) is 11.3. The number of nitrogens with one attached hydrogen (secondary N) is 1. The van der Waals surface area contributed by atoms with E-state index in [4.69, 9.17) is 4.74 Å². The second kappa shape index (κ2) is 7.12. The van der Waals surface area contributed by atoms with Crippen LogP contribution < -0.4 is 10.1 Å². The maximum atomic E-state index is 11.9. The van der Waals surface area contributed by atoms with Crippen LogP contribution in [0.4, 0.5) is 11.4 Å². The molecule has 126 valence electrons. The van der Waals surface area contributed by atoms with E-state index in [9.17, 15) is 14.9 Å². The summed E-state index contributed by atoms with van der Waals surface area (Å²) in [5.74, 6) is 0.215. The second-order valence-electron chi connectivity index (χ2n) is 6.42. The van der Waals surface area contributed by atoms with Crippen LogP contribution in [0.3, 0.4) is 0 Å². The Morgan fingerprint density at radius 3 is 2.42 bits per heavy atom. The summed E-state index contributed by atoms with van der Waals surface area (Å²) in [6.45, 7) is 6.19. The van der Waals surface area contributed by atoms with Crippen molar-refractivity contribution in [2.75, 3.05) is 11.9 Å². The maximum Gasteiger partial charge on any atom is 0.271 e. The summed E-state index contributed by atoms with van der Waals surface area (Å²) in [6.07, 6.45) is 0. The Balaban J connectivity index is 1.91. The number of anilines is 1. The van der Waals surface area contributed by atoms with Gasteiger partial charge >= 0.3 is 0 Å². The van der Waals surface area contributed by atoms with E-state index in [2.05, 4.69) is 26.1 Å². The van der Waals surface area contributed by atoms with Crippen molar-refractivity contribution in [1.82, 2.24) is 0 Å². The molecule has 0 radical (unpaired) electrons. The first-order valence-corrected chi connectivity index (χ1v) is 7.53. The van der Waals surface area contributed by atoms with Crippen LogP contribution in [-0.4, -0.2) is 17.4 Å². The molecule has 0 aliphatic heterocycles. The van der Waals surface area contributed by atoms with E-state index in [1.807, 2.05) is 24.3 Å². The van der Waals surface area contributed by atoms with Crippen molar-refractivity contribution < 1.29 is 14.5 Å². The summed E-state index contributed by atoms with van der Waals surface area (Å²) in [4.78, 5) is 22.1.